The molecular weight excluding hydrogens is 321 g/mol. The molecule has 3 rings (SSSR count). The van der Waals surface area contributed by atoms with Crippen LogP contribution in [0.2, 0.25) is 0 Å². The molecule has 0 aromatic carbocycles. The normalized spacial score (nSPS) is 23.8. The number of anilines is 1. The first-order chi connectivity index (χ1) is 11.8. The van der Waals surface area contributed by atoms with E-state index in [0.717, 1.165) is 0 Å². The summed E-state index contributed by atoms with van der Waals surface area (Å²) in [5.74, 6) is -0.337. The number of aryl methyl sites for hydroxylation is 1. The number of fused-ring (bicyclic) bond motifs is 1. The molecule has 9 heteroatoms. The fourth-order valence-electron chi connectivity index (χ4n) is 3.56. The quantitative estimate of drug-likeness (QED) is 0.765. The number of nitrogens with two attached hydrogens (primary N) is 1. The van der Waals surface area contributed by atoms with E-state index in [2.05, 4.69) is 9.97 Å². The summed E-state index contributed by atoms with van der Waals surface area (Å²) in [7, 11) is 9.35. The van der Waals surface area contributed by atoms with Gasteiger partial charge >= 0.3 is 0 Å². The van der Waals surface area contributed by atoms with E-state index in [1.54, 1.807) is 25.1 Å². The number of likely N-dealkylation sites (tertiary alicyclic amines) is 1. The number of rotatable bonds is 2. The fourth-order valence-corrected chi connectivity index (χ4v) is 3.56. The summed E-state index contributed by atoms with van der Waals surface area (Å²) in [4.78, 5) is 34.4. The van der Waals surface area contributed by atoms with Gasteiger partial charge < -0.3 is 15.4 Å². The molecule has 2 aromatic rings. The van der Waals surface area contributed by atoms with Crippen LogP contribution in [0, 0.1) is 0 Å². The maximum atomic E-state index is 12.9. The van der Waals surface area contributed by atoms with Gasteiger partial charge in [0.15, 0.2) is 0 Å². The van der Waals surface area contributed by atoms with Crippen molar-refractivity contribution in [2.75, 3.05) is 19.4 Å². The Labute approximate surface area is 146 Å². The summed E-state index contributed by atoms with van der Waals surface area (Å²) in [6.45, 7) is 1.89. The highest BCUT2D eigenvalue weighted by molar-refractivity contribution is 6.13. The maximum absolute atomic E-state index is 12.9. The Bertz CT molecular complexity index is 899. The average molecular weight is 341 g/mol. The number of piperidine rings is 1. The maximum Gasteiger partial charge on any atom is 0.258 e. The molecular formula is C16H20BN5O3. The van der Waals surface area contributed by atoms with Crippen molar-refractivity contribution in [2.24, 2.45) is 7.05 Å². The van der Waals surface area contributed by atoms with Gasteiger partial charge in [0.25, 0.3) is 5.56 Å². The Morgan fingerprint density at radius 1 is 1.48 bits per heavy atom. The molecule has 2 atom stereocenters. The second kappa shape index (κ2) is 6.14. The monoisotopic (exact) mass is 341 g/mol. The van der Waals surface area contributed by atoms with Crippen molar-refractivity contribution < 1.29 is 9.53 Å². The Balaban J connectivity index is 2.17. The van der Waals surface area contributed by atoms with Gasteiger partial charge in [-0.3, -0.25) is 14.2 Å². The van der Waals surface area contributed by atoms with Crippen molar-refractivity contribution in [2.45, 2.75) is 31.3 Å². The number of carbonyl (C=O) groups excluding carboxylic acids is 1. The number of nitrogens with zero attached hydrogens (tertiary/aromatic N) is 4. The number of pyridine rings is 1. The van der Waals surface area contributed by atoms with Crippen LogP contribution in [0.1, 0.15) is 25.3 Å². The van der Waals surface area contributed by atoms with Crippen LogP contribution in [0.3, 0.4) is 0 Å². The van der Waals surface area contributed by atoms with Crippen LogP contribution in [0.5, 0.6) is 0 Å². The van der Waals surface area contributed by atoms with Gasteiger partial charge in [-0.15, -0.1) is 0 Å². The zero-order valence-electron chi connectivity index (χ0n) is 14.5. The third kappa shape index (κ3) is 2.68. The molecule has 2 aromatic heterocycles. The first kappa shape index (κ1) is 17.4. The lowest BCUT2D eigenvalue weighted by Gasteiger charge is -2.45. The number of amides is 1. The van der Waals surface area contributed by atoms with E-state index in [1.807, 2.05) is 0 Å². The van der Waals surface area contributed by atoms with Gasteiger partial charge in [0.2, 0.25) is 5.91 Å². The van der Waals surface area contributed by atoms with Crippen LogP contribution < -0.4 is 11.3 Å². The van der Waals surface area contributed by atoms with Gasteiger partial charge in [0, 0.05) is 27.6 Å². The van der Waals surface area contributed by atoms with Crippen LogP contribution in [-0.2, 0) is 22.2 Å². The standard InChI is InChI=1S/C16H20BN5O3/c1-9(23)22-5-4-16(25-3,7-12(22)17)11-6-10-13(18)19-8-20-14(10)21(2)15(11)24/h6,8,12H,4-5,7H2,1-3H3,(H2,18,19,20). The molecule has 1 saturated heterocycles. The molecule has 2 radical (unpaired) electrons. The molecule has 0 aliphatic carbocycles. The smallest absolute Gasteiger partial charge is 0.258 e. The first-order valence-corrected chi connectivity index (χ1v) is 7.99. The summed E-state index contributed by atoms with van der Waals surface area (Å²) >= 11 is 0. The highest BCUT2D eigenvalue weighted by Gasteiger charge is 2.42. The zero-order chi connectivity index (χ0) is 18.4. The Hall–Kier alpha value is -2.42. The molecule has 2 unspecified atom stereocenters. The number of carbonyl (C=O) groups is 1. The minimum absolute atomic E-state index is 0.0961. The highest BCUT2D eigenvalue weighted by Crippen LogP contribution is 2.37. The molecule has 1 fully saturated rings. The van der Waals surface area contributed by atoms with Gasteiger partial charge in [0.05, 0.1) is 18.8 Å². The van der Waals surface area contributed by atoms with E-state index in [-0.39, 0.29) is 11.5 Å². The SMILES string of the molecule is [B]C1CC(OC)(c2cc3c(N)ncnc3n(C)c2=O)CCN1C(C)=O. The molecule has 1 aliphatic rings. The van der Waals surface area contributed by atoms with Crippen LogP contribution in [0.4, 0.5) is 5.82 Å². The molecule has 25 heavy (non-hydrogen) atoms. The minimum atomic E-state index is -0.892. The number of nitrogen functional groups attached to an aromatic ring is 1. The van der Waals surface area contributed by atoms with Crippen molar-refractivity contribution in [3.8, 4) is 0 Å². The third-order valence-corrected chi connectivity index (χ3v) is 5.02. The van der Waals surface area contributed by atoms with Crippen molar-refractivity contribution in [3.63, 3.8) is 0 Å². The van der Waals surface area contributed by atoms with Gasteiger partial charge in [0.1, 0.15) is 23.4 Å². The lowest BCUT2D eigenvalue weighted by Crippen LogP contribution is -2.53. The number of hydrogen-bond acceptors (Lipinski definition) is 6. The number of aromatic nitrogens is 3. The predicted octanol–water partition coefficient (Wildman–Crippen LogP) is -0.111. The largest absolute Gasteiger partial charge is 0.383 e. The summed E-state index contributed by atoms with van der Waals surface area (Å²) in [5, 5.41) is 0.582. The lowest BCUT2D eigenvalue weighted by molar-refractivity contribution is -0.137. The fraction of sp³-hybridized carbons (Fsp3) is 0.500. The highest BCUT2D eigenvalue weighted by atomic mass is 16.5. The zero-order valence-corrected chi connectivity index (χ0v) is 14.5. The van der Waals surface area contributed by atoms with E-state index in [4.69, 9.17) is 18.3 Å². The molecule has 0 bridgehead atoms. The van der Waals surface area contributed by atoms with Crippen LogP contribution in [-0.4, -0.2) is 52.8 Å². The second-order valence-corrected chi connectivity index (χ2v) is 6.35. The van der Waals surface area contributed by atoms with Crippen LogP contribution in [0.25, 0.3) is 11.0 Å². The Kier molecular flexibility index (Phi) is 4.28. The molecule has 0 spiro atoms. The summed E-state index contributed by atoms with van der Waals surface area (Å²) in [6.07, 6.45) is 2.10. The topological polar surface area (TPSA) is 103 Å². The number of hydrogen-bond donors (Lipinski definition) is 1. The van der Waals surface area contributed by atoms with Gasteiger partial charge in [-0.05, 0) is 24.8 Å². The average Bonchev–Trinajstić information content (AvgIpc) is 2.58. The van der Waals surface area contributed by atoms with E-state index < -0.39 is 11.5 Å². The summed E-state index contributed by atoms with van der Waals surface area (Å²) in [5.41, 5.74) is 5.75. The van der Waals surface area contributed by atoms with E-state index in [0.29, 0.717) is 41.8 Å². The minimum Gasteiger partial charge on any atom is -0.383 e. The van der Waals surface area contributed by atoms with E-state index in [9.17, 15) is 9.59 Å². The Morgan fingerprint density at radius 2 is 2.20 bits per heavy atom. The predicted molar refractivity (Wildman–Crippen MR) is 94.0 cm³/mol. The van der Waals surface area contributed by atoms with Crippen LogP contribution in [0.15, 0.2) is 17.2 Å². The van der Waals surface area contributed by atoms with Gasteiger partial charge in [-0.1, -0.05) is 0 Å². The molecule has 8 nitrogen and oxygen atoms in total. The summed E-state index contributed by atoms with van der Waals surface area (Å²) < 4.78 is 7.21. The first-order valence-electron chi connectivity index (χ1n) is 7.99. The second-order valence-electron chi connectivity index (χ2n) is 6.35. The molecule has 0 saturated carbocycles. The van der Waals surface area contributed by atoms with Crippen molar-refractivity contribution in [1.29, 1.82) is 0 Å². The van der Waals surface area contributed by atoms with Crippen molar-refractivity contribution in [1.82, 2.24) is 19.4 Å². The van der Waals surface area contributed by atoms with Gasteiger partial charge in [-0.2, -0.15) is 0 Å². The number of ether oxygens (including phenoxy) is 1. The lowest BCUT2D eigenvalue weighted by atomic mass is 9.74. The molecule has 3 heterocycles. The van der Waals surface area contributed by atoms with Crippen LogP contribution >= 0.6 is 0 Å². The van der Waals surface area contributed by atoms with Crippen molar-refractivity contribution in [3.05, 3.63) is 28.3 Å². The van der Waals surface area contributed by atoms with Crippen molar-refractivity contribution >= 4 is 30.6 Å². The Morgan fingerprint density at radius 3 is 2.80 bits per heavy atom. The van der Waals surface area contributed by atoms with Gasteiger partial charge in [-0.25, -0.2) is 9.97 Å². The van der Waals surface area contributed by atoms with E-state index in [1.165, 1.54) is 17.8 Å². The molecule has 2 N–H and O–H groups in total. The third-order valence-electron chi connectivity index (χ3n) is 5.02. The summed E-state index contributed by atoms with van der Waals surface area (Å²) in [6, 6.07) is 1.69. The number of methoxy groups -OCH3 is 1. The molecule has 130 valence electrons. The molecule has 1 amide bonds. The molecule has 1 aliphatic heterocycles. The van der Waals surface area contributed by atoms with E-state index >= 15 is 0 Å².